The SMILES string of the molecule is CC[C@H](C)[C@@H]([C@H](C)CC(=O)N1CCC[C@H]1[C@H](OC)[C@@H](C)C(C)=O)N(C)C(=O)[C@@H](C)C(C)C. The van der Waals surface area contributed by atoms with E-state index in [4.69, 9.17) is 4.74 Å². The van der Waals surface area contributed by atoms with E-state index in [-0.39, 0.29) is 59.5 Å². The molecule has 0 unspecified atom stereocenters. The molecule has 0 aromatic heterocycles. The van der Waals surface area contributed by atoms with E-state index in [1.165, 1.54) is 0 Å². The summed E-state index contributed by atoms with van der Waals surface area (Å²) in [5, 5.41) is 0. The summed E-state index contributed by atoms with van der Waals surface area (Å²) in [6.07, 6.45) is 2.84. The van der Waals surface area contributed by atoms with Crippen molar-refractivity contribution in [3.05, 3.63) is 0 Å². The lowest BCUT2D eigenvalue weighted by molar-refractivity contribution is -0.143. The highest BCUT2D eigenvalue weighted by Crippen LogP contribution is 2.31. The number of methoxy groups -OCH3 is 1. The van der Waals surface area contributed by atoms with Crippen LogP contribution in [0.15, 0.2) is 0 Å². The summed E-state index contributed by atoms with van der Waals surface area (Å²) in [5.41, 5.74) is 0. The molecule has 1 aliphatic heterocycles. The number of Topliss-reactive ketones (excluding diaryl/α,β-unsaturated/α-hetero) is 1. The highest BCUT2D eigenvalue weighted by atomic mass is 16.5. The average molecular weight is 453 g/mol. The van der Waals surface area contributed by atoms with Crippen LogP contribution in [0.5, 0.6) is 0 Å². The number of carbonyl (C=O) groups excluding carboxylic acids is 3. The summed E-state index contributed by atoms with van der Waals surface area (Å²) in [5.74, 6) is 0.656. The van der Waals surface area contributed by atoms with E-state index < -0.39 is 0 Å². The van der Waals surface area contributed by atoms with Gasteiger partial charge in [0.2, 0.25) is 11.8 Å². The van der Waals surface area contributed by atoms with Gasteiger partial charge in [-0.25, -0.2) is 0 Å². The zero-order valence-electron chi connectivity index (χ0n) is 22.2. The highest BCUT2D eigenvalue weighted by Gasteiger charge is 2.40. The number of hydrogen-bond donors (Lipinski definition) is 0. The fourth-order valence-corrected chi connectivity index (χ4v) is 5.20. The van der Waals surface area contributed by atoms with Gasteiger partial charge in [-0.05, 0) is 37.5 Å². The Balaban J connectivity index is 3.01. The van der Waals surface area contributed by atoms with E-state index in [1.54, 1.807) is 14.0 Å². The molecule has 7 atom stereocenters. The van der Waals surface area contributed by atoms with Crippen molar-refractivity contribution in [2.45, 2.75) is 99.3 Å². The Kier molecular flexibility index (Phi) is 11.4. The molecule has 0 aromatic rings. The van der Waals surface area contributed by atoms with Crippen LogP contribution >= 0.6 is 0 Å². The maximum Gasteiger partial charge on any atom is 0.225 e. The molecular weight excluding hydrogens is 404 g/mol. The number of amides is 2. The monoisotopic (exact) mass is 452 g/mol. The number of carbonyl (C=O) groups is 3. The summed E-state index contributed by atoms with van der Waals surface area (Å²) in [6.45, 7) is 16.7. The van der Waals surface area contributed by atoms with Gasteiger partial charge in [0.1, 0.15) is 5.78 Å². The molecule has 0 bridgehead atoms. The number of hydrogen-bond acceptors (Lipinski definition) is 4. The molecule has 1 heterocycles. The van der Waals surface area contributed by atoms with Gasteiger partial charge in [0.25, 0.3) is 0 Å². The third-order valence-electron chi connectivity index (χ3n) is 7.90. The molecule has 0 aromatic carbocycles. The molecule has 186 valence electrons. The smallest absolute Gasteiger partial charge is 0.225 e. The summed E-state index contributed by atoms with van der Waals surface area (Å²) >= 11 is 0. The van der Waals surface area contributed by atoms with Gasteiger partial charge >= 0.3 is 0 Å². The van der Waals surface area contributed by atoms with Gasteiger partial charge in [0.15, 0.2) is 0 Å². The van der Waals surface area contributed by atoms with Crippen molar-refractivity contribution < 1.29 is 19.1 Å². The second-order valence-corrected chi connectivity index (χ2v) is 10.4. The third-order valence-corrected chi connectivity index (χ3v) is 7.90. The van der Waals surface area contributed by atoms with Gasteiger partial charge in [-0.1, -0.05) is 54.9 Å². The molecule has 0 aliphatic carbocycles. The Labute approximate surface area is 196 Å². The number of ketones is 1. The van der Waals surface area contributed by atoms with Crippen LogP contribution in [0.2, 0.25) is 0 Å². The molecule has 2 amide bonds. The van der Waals surface area contributed by atoms with E-state index in [1.807, 2.05) is 30.7 Å². The second-order valence-electron chi connectivity index (χ2n) is 10.4. The van der Waals surface area contributed by atoms with Gasteiger partial charge in [-0.3, -0.25) is 14.4 Å². The van der Waals surface area contributed by atoms with Crippen LogP contribution in [0.4, 0.5) is 0 Å². The molecular formula is C26H48N2O4. The second kappa shape index (κ2) is 12.7. The maximum absolute atomic E-state index is 13.4. The molecule has 0 saturated carbocycles. The fraction of sp³-hybridized carbons (Fsp3) is 0.885. The van der Waals surface area contributed by atoms with Crippen molar-refractivity contribution in [1.29, 1.82) is 0 Å². The molecule has 0 N–H and O–H groups in total. The lowest BCUT2D eigenvalue weighted by atomic mass is 9.84. The van der Waals surface area contributed by atoms with E-state index in [0.29, 0.717) is 18.9 Å². The van der Waals surface area contributed by atoms with Crippen molar-refractivity contribution in [1.82, 2.24) is 9.80 Å². The van der Waals surface area contributed by atoms with Gasteiger partial charge in [-0.2, -0.15) is 0 Å². The molecule has 6 heteroatoms. The van der Waals surface area contributed by atoms with E-state index in [0.717, 1.165) is 19.3 Å². The lowest BCUT2D eigenvalue weighted by Gasteiger charge is -2.40. The van der Waals surface area contributed by atoms with E-state index in [2.05, 4.69) is 34.6 Å². The van der Waals surface area contributed by atoms with Crippen LogP contribution in [0, 0.1) is 29.6 Å². The predicted octanol–water partition coefficient (Wildman–Crippen LogP) is 4.41. The Morgan fingerprint density at radius 3 is 2.09 bits per heavy atom. The normalized spacial score (nSPS) is 22.2. The molecule has 0 spiro atoms. The average Bonchev–Trinajstić information content (AvgIpc) is 3.22. The van der Waals surface area contributed by atoms with Crippen LogP contribution < -0.4 is 0 Å². The predicted molar refractivity (Wildman–Crippen MR) is 129 cm³/mol. The van der Waals surface area contributed by atoms with E-state index >= 15 is 0 Å². The molecule has 1 saturated heterocycles. The molecule has 0 radical (unpaired) electrons. The molecule has 32 heavy (non-hydrogen) atoms. The third kappa shape index (κ3) is 6.79. The number of likely N-dealkylation sites (tertiary alicyclic amines) is 1. The zero-order valence-corrected chi connectivity index (χ0v) is 22.2. The number of rotatable bonds is 12. The minimum Gasteiger partial charge on any atom is -0.379 e. The fourth-order valence-electron chi connectivity index (χ4n) is 5.20. The highest BCUT2D eigenvalue weighted by molar-refractivity contribution is 5.80. The molecule has 1 fully saturated rings. The van der Waals surface area contributed by atoms with Crippen LogP contribution in [0.25, 0.3) is 0 Å². The standard InChI is InChI=1S/C26H48N2O4/c1-11-17(4)24(27(9)26(31)19(6)16(2)3)18(5)15-23(30)28-14-12-13-22(28)25(32-10)20(7)21(8)29/h16-20,22,24-25H,11-15H2,1-10H3/t17-,18+,19-,20-,22-,24-,25+/m0/s1. The van der Waals surface area contributed by atoms with Crippen LogP contribution in [-0.4, -0.2) is 66.3 Å². The Bertz CT molecular complexity index is 635. The van der Waals surface area contributed by atoms with Crippen LogP contribution in [0.3, 0.4) is 0 Å². The topological polar surface area (TPSA) is 66.9 Å². The zero-order chi connectivity index (χ0) is 24.7. The van der Waals surface area contributed by atoms with Crippen LogP contribution in [-0.2, 0) is 19.1 Å². The van der Waals surface area contributed by atoms with Crippen molar-refractivity contribution in [3.8, 4) is 0 Å². The number of ether oxygens (including phenoxy) is 1. The minimum absolute atomic E-state index is 0.00747. The molecule has 6 nitrogen and oxygen atoms in total. The first-order valence-corrected chi connectivity index (χ1v) is 12.5. The molecule has 1 rings (SSSR count). The first-order chi connectivity index (χ1) is 14.9. The number of nitrogens with zero attached hydrogens (tertiary/aromatic N) is 2. The van der Waals surface area contributed by atoms with Crippen molar-refractivity contribution in [2.75, 3.05) is 20.7 Å². The maximum atomic E-state index is 13.4. The Morgan fingerprint density at radius 1 is 1.03 bits per heavy atom. The summed E-state index contributed by atoms with van der Waals surface area (Å²) in [6, 6.07) is -0.0611. The van der Waals surface area contributed by atoms with Gasteiger partial charge in [0, 0.05) is 45.0 Å². The van der Waals surface area contributed by atoms with Gasteiger partial charge < -0.3 is 14.5 Å². The minimum atomic E-state index is -0.282. The van der Waals surface area contributed by atoms with E-state index in [9.17, 15) is 14.4 Å². The van der Waals surface area contributed by atoms with Crippen molar-refractivity contribution in [2.24, 2.45) is 29.6 Å². The molecule has 1 aliphatic rings. The summed E-state index contributed by atoms with van der Waals surface area (Å²) < 4.78 is 5.70. The van der Waals surface area contributed by atoms with Crippen LogP contribution in [0.1, 0.15) is 81.1 Å². The Morgan fingerprint density at radius 2 is 1.62 bits per heavy atom. The van der Waals surface area contributed by atoms with Gasteiger partial charge in [-0.15, -0.1) is 0 Å². The lowest BCUT2D eigenvalue weighted by Crippen LogP contribution is -2.50. The summed E-state index contributed by atoms with van der Waals surface area (Å²) in [4.78, 5) is 42.3. The Hall–Kier alpha value is -1.43. The summed E-state index contributed by atoms with van der Waals surface area (Å²) in [7, 11) is 3.52. The quantitative estimate of drug-likeness (QED) is 0.440. The first-order valence-electron chi connectivity index (χ1n) is 12.5. The largest absolute Gasteiger partial charge is 0.379 e. The van der Waals surface area contributed by atoms with Crippen molar-refractivity contribution >= 4 is 17.6 Å². The first kappa shape index (κ1) is 28.6. The van der Waals surface area contributed by atoms with Crippen molar-refractivity contribution in [3.63, 3.8) is 0 Å². The van der Waals surface area contributed by atoms with Gasteiger partial charge in [0.05, 0.1) is 12.1 Å².